The summed E-state index contributed by atoms with van der Waals surface area (Å²) in [5.41, 5.74) is -3.61. The predicted molar refractivity (Wildman–Crippen MR) is 49.8 cm³/mol. The topological polar surface area (TPSA) is 12.9 Å². The molecule has 0 saturated heterocycles. The molecule has 0 atom stereocenters. The zero-order valence-corrected chi connectivity index (χ0v) is 8.23. The van der Waals surface area contributed by atoms with E-state index < -0.39 is 29.2 Å². The van der Waals surface area contributed by atoms with Gasteiger partial charge in [-0.1, -0.05) is 11.5 Å². The van der Waals surface area contributed by atoms with E-state index in [9.17, 15) is 26.3 Å². The lowest BCUT2D eigenvalue weighted by molar-refractivity contribution is -0.149. The first-order chi connectivity index (χ1) is 7.66. The second kappa shape index (κ2) is 4.42. The Hall–Kier alpha value is -1.47. The Balaban J connectivity index is 3.34. The number of nitrogens with zero attached hydrogens (tertiary/aromatic N) is 1. The van der Waals surface area contributed by atoms with Crippen molar-refractivity contribution in [3.8, 4) is 0 Å². The van der Waals surface area contributed by atoms with Crippen LogP contribution in [0.25, 0.3) is 0 Å². The SMILES string of the molecule is C=C[B]c1ccc(C(F)(F)F)nc1C(F)(F)F. The maximum atomic E-state index is 12.5. The largest absolute Gasteiger partial charge is 0.433 e. The third-order valence-electron chi connectivity index (χ3n) is 1.78. The molecule has 1 rings (SSSR count). The summed E-state index contributed by atoms with van der Waals surface area (Å²) in [6, 6.07) is 1.20. The van der Waals surface area contributed by atoms with E-state index in [4.69, 9.17) is 0 Å². The highest BCUT2D eigenvalue weighted by atomic mass is 19.4. The van der Waals surface area contributed by atoms with Crippen molar-refractivity contribution in [3.05, 3.63) is 36.1 Å². The van der Waals surface area contributed by atoms with Crippen LogP contribution < -0.4 is 5.46 Å². The van der Waals surface area contributed by atoms with Crippen LogP contribution in [0, 0.1) is 0 Å². The number of pyridine rings is 1. The van der Waals surface area contributed by atoms with E-state index in [0.29, 0.717) is 12.1 Å². The molecule has 0 saturated carbocycles. The zero-order valence-electron chi connectivity index (χ0n) is 8.23. The maximum Gasteiger partial charge on any atom is 0.433 e. The van der Waals surface area contributed by atoms with Crippen molar-refractivity contribution in [2.45, 2.75) is 12.4 Å². The predicted octanol–water partition coefficient (Wildman–Crippen LogP) is 2.59. The molecular formula is C9H5BF6N. The third kappa shape index (κ3) is 3.24. The fraction of sp³-hybridized carbons (Fsp3) is 0.222. The quantitative estimate of drug-likeness (QED) is 0.582. The molecule has 0 bridgehead atoms. The van der Waals surface area contributed by atoms with E-state index in [1.54, 1.807) is 0 Å². The number of hydrogen-bond donors (Lipinski definition) is 0. The second-order valence-electron chi connectivity index (χ2n) is 3.03. The summed E-state index contributed by atoms with van der Waals surface area (Å²) >= 11 is 0. The summed E-state index contributed by atoms with van der Waals surface area (Å²) in [6.45, 7) is 3.18. The molecule has 0 unspecified atom stereocenters. The molecular weight excluding hydrogens is 247 g/mol. The Morgan fingerprint density at radius 1 is 1.06 bits per heavy atom. The van der Waals surface area contributed by atoms with Crippen molar-refractivity contribution in [2.24, 2.45) is 0 Å². The summed E-state index contributed by atoms with van der Waals surface area (Å²) in [7, 11) is 0.940. The van der Waals surface area contributed by atoms with E-state index >= 15 is 0 Å². The van der Waals surface area contributed by atoms with Gasteiger partial charge in [0.2, 0.25) is 0 Å². The van der Waals surface area contributed by atoms with Gasteiger partial charge in [-0.3, -0.25) is 0 Å². The van der Waals surface area contributed by atoms with Crippen LogP contribution in [0.2, 0.25) is 0 Å². The van der Waals surface area contributed by atoms with Crippen molar-refractivity contribution >= 4 is 12.7 Å². The van der Waals surface area contributed by atoms with E-state index in [0.717, 1.165) is 13.3 Å². The first kappa shape index (κ1) is 13.6. The number of aromatic nitrogens is 1. The van der Waals surface area contributed by atoms with Crippen molar-refractivity contribution in [2.75, 3.05) is 0 Å². The highest BCUT2D eigenvalue weighted by Crippen LogP contribution is 2.31. The van der Waals surface area contributed by atoms with Gasteiger partial charge in [-0.2, -0.15) is 26.3 Å². The second-order valence-corrected chi connectivity index (χ2v) is 3.03. The number of hydrogen-bond acceptors (Lipinski definition) is 1. The smallest absolute Gasteiger partial charge is 0.239 e. The van der Waals surface area contributed by atoms with Crippen molar-refractivity contribution < 1.29 is 26.3 Å². The molecule has 8 heteroatoms. The molecule has 1 heterocycles. The minimum atomic E-state index is -4.95. The highest BCUT2D eigenvalue weighted by molar-refractivity contribution is 6.58. The van der Waals surface area contributed by atoms with Crippen LogP contribution in [0.1, 0.15) is 11.4 Å². The summed E-state index contributed by atoms with van der Waals surface area (Å²) in [6.07, 6.45) is -9.86. The Morgan fingerprint density at radius 3 is 2.06 bits per heavy atom. The molecule has 1 aromatic rings. The normalized spacial score (nSPS) is 12.4. The molecule has 0 fully saturated rings. The lowest BCUT2D eigenvalue weighted by Crippen LogP contribution is -2.28. The summed E-state index contributed by atoms with van der Waals surface area (Å²) in [4.78, 5) is 2.60. The van der Waals surface area contributed by atoms with Gasteiger partial charge < -0.3 is 0 Å². The van der Waals surface area contributed by atoms with Crippen molar-refractivity contribution in [3.63, 3.8) is 0 Å². The molecule has 0 aliphatic rings. The fourth-order valence-electron chi connectivity index (χ4n) is 1.12. The average Bonchev–Trinajstić information content (AvgIpc) is 2.15. The summed E-state index contributed by atoms with van der Waals surface area (Å²) < 4.78 is 74.0. The Bertz CT molecular complexity index is 422. The Kier molecular flexibility index (Phi) is 3.54. The Morgan fingerprint density at radius 2 is 1.65 bits per heavy atom. The van der Waals surface area contributed by atoms with Gasteiger partial charge in [0.1, 0.15) is 11.4 Å². The van der Waals surface area contributed by atoms with Crippen molar-refractivity contribution in [1.29, 1.82) is 0 Å². The van der Waals surface area contributed by atoms with E-state index in [-0.39, 0.29) is 0 Å². The summed E-state index contributed by atoms with van der Waals surface area (Å²) in [5, 5.41) is 0. The molecule has 91 valence electrons. The van der Waals surface area contributed by atoms with E-state index in [1.165, 1.54) is 0 Å². The molecule has 1 radical (unpaired) electrons. The van der Waals surface area contributed by atoms with Crippen LogP contribution in [0.4, 0.5) is 26.3 Å². The van der Waals surface area contributed by atoms with Crippen LogP contribution in [0.15, 0.2) is 24.7 Å². The van der Waals surface area contributed by atoms with Gasteiger partial charge >= 0.3 is 12.4 Å². The molecule has 0 aliphatic carbocycles. The van der Waals surface area contributed by atoms with Gasteiger partial charge in [0.25, 0.3) is 0 Å². The molecule has 0 N–H and O–H groups in total. The van der Waals surface area contributed by atoms with E-state index in [1.807, 2.05) is 0 Å². The van der Waals surface area contributed by atoms with Crippen LogP contribution in [-0.4, -0.2) is 12.3 Å². The minimum absolute atomic E-state index is 0.458. The van der Waals surface area contributed by atoms with Gasteiger partial charge in [0.15, 0.2) is 7.28 Å². The van der Waals surface area contributed by atoms with E-state index in [2.05, 4.69) is 11.6 Å². The lowest BCUT2D eigenvalue weighted by Gasteiger charge is -2.13. The minimum Gasteiger partial charge on any atom is -0.239 e. The number of alkyl halides is 6. The van der Waals surface area contributed by atoms with Crippen LogP contribution >= 0.6 is 0 Å². The molecule has 1 nitrogen and oxygen atoms in total. The molecule has 0 amide bonds. The first-order valence-electron chi connectivity index (χ1n) is 4.27. The van der Waals surface area contributed by atoms with Crippen molar-refractivity contribution in [1.82, 2.24) is 4.98 Å². The molecule has 17 heavy (non-hydrogen) atoms. The standard InChI is InChI=1S/C9H5BF6N/c1-2-10-5-3-4-6(8(11,12)13)17-7(5)9(14,15)16/h2-4H,1H2. The van der Waals surface area contributed by atoms with Crippen LogP contribution in [0.3, 0.4) is 0 Å². The van der Waals surface area contributed by atoms with Gasteiger partial charge in [-0.15, -0.1) is 12.6 Å². The molecule has 1 aromatic heterocycles. The third-order valence-corrected chi connectivity index (χ3v) is 1.78. The Labute approximate surface area is 93.4 Å². The highest BCUT2D eigenvalue weighted by Gasteiger charge is 2.39. The molecule has 0 spiro atoms. The number of halogens is 6. The monoisotopic (exact) mass is 252 g/mol. The van der Waals surface area contributed by atoms with Crippen LogP contribution in [0.5, 0.6) is 0 Å². The van der Waals surface area contributed by atoms with Gasteiger partial charge in [0.05, 0.1) is 0 Å². The number of rotatable bonds is 2. The molecule has 0 aromatic carbocycles. The molecule has 0 aliphatic heterocycles. The summed E-state index contributed by atoms with van der Waals surface area (Å²) in [5.74, 6) is 1.04. The zero-order chi connectivity index (χ0) is 13.3. The van der Waals surface area contributed by atoms with Crippen LogP contribution in [-0.2, 0) is 12.4 Å². The van der Waals surface area contributed by atoms with Gasteiger partial charge in [0, 0.05) is 0 Å². The van der Waals surface area contributed by atoms with Gasteiger partial charge in [-0.05, 0) is 6.07 Å². The lowest BCUT2D eigenvalue weighted by atomic mass is 9.70. The van der Waals surface area contributed by atoms with Gasteiger partial charge in [-0.25, -0.2) is 4.98 Å². The fourth-order valence-corrected chi connectivity index (χ4v) is 1.12. The first-order valence-corrected chi connectivity index (χ1v) is 4.27. The maximum absolute atomic E-state index is 12.5. The average molecular weight is 252 g/mol.